The van der Waals surface area contributed by atoms with Gasteiger partial charge in [0.05, 0.1) is 16.8 Å². The molecule has 3 rings (SSSR count). The Balaban J connectivity index is 1.75. The zero-order valence-electron chi connectivity index (χ0n) is 11.2. The molecule has 0 radical (unpaired) electrons. The van der Waals surface area contributed by atoms with Crippen molar-refractivity contribution in [2.24, 2.45) is 5.41 Å². The normalized spacial score (nSPS) is 26.7. The molecule has 0 aliphatic heterocycles. The van der Waals surface area contributed by atoms with Crippen LogP contribution in [-0.4, -0.2) is 16.2 Å². The van der Waals surface area contributed by atoms with E-state index in [0.29, 0.717) is 0 Å². The lowest BCUT2D eigenvalue weighted by Crippen LogP contribution is -2.16. The van der Waals surface area contributed by atoms with E-state index in [0.717, 1.165) is 31.4 Å². The van der Waals surface area contributed by atoms with E-state index in [-0.39, 0.29) is 11.5 Å². The summed E-state index contributed by atoms with van der Waals surface area (Å²) in [6.45, 7) is 2.27. The van der Waals surface area contributed by atoms with Gasteiger partial charge in [-0.3, -0.25) is 0 Å². The highest BCUT2D eigenvalue weighted by Crippen LogP contribution is 2.41. The van der Waals surface area contributed by atoms with Crippen LogP contribution in [0.5, 0.6) is 0 Å². The second-order valence-corrected chi connectivity index (χ2v) is 6.82. The van der Waals surface area contributed by atoms with Gasteiger partial charge in [0.25, 0.3) is 0 Å². The molecule has 1 saturated carbocycles. The van der Waals surface area contributed by atoms with Gasteiger partial charge in [-0.05, 0) is 24.7 Å². The summed E-state index contributed by atoms with van der Waals surface area (Å²) in [6, 6.07) is 10.3. The van der Waals surface area contributed by atoms with Crippen LogP contribution in [0.15, 0.2) is 35.7 Å². The van der Waals surface area contributed by atoms with Crippen LogP contribution in [0.3, 0.4) is 0 Å². The summed E-state index contributed by atoms with van der Waals surface area (Å²) in [5.74, 6) is 0. The fourth-order valence-corrected chi connectivity index (χ4v) is 3.97. The number of aliphatic hydroxyl groups excluding tert-OH is 1. The van der Waals surface area contributed by atoms with Gasteiger partial charge in [0, 0.05) is 17.4 Å². The standard InChI is InChI=1S/C16H19NOS/c1-16(8-7-13(18)9-16)10-15-17-14(11-19-15)12-5-3-2-4-6-12/h2-6,11,13,18H,7-10H2,1H3. The highest BCUT2D eigenvalue weighted by molar-refractivity contribution is 7.09. The number of hydrogen-bond donors (Lipinski definition) is 1. The zero-order chi connectivity index (χ0) is 13.3. The van der Waals surface area contributed by atoms with E-state index < -0.39 is 0 Å². The number of rotatable bonds is 3. The summed E-state index contributed by atoms with van der Waals surface area (Å²) in [5, 5.41) is 13.0. The molecule has 0 amide bonds. The lowest BCUT2D eigenvalue weighted by atomic mass is 9.85. The van der Waals surface area contributed by atoms with E-state index >= 15 is 0 Å². The Hall–Kier alpha value is -1.19. The molecule has 2 nitrogen and oxygen atoms in total. The molecule has 1 N–H and O–H groups in total. The Bertz CT molecular complexity index is 551. The van der Waals surface area contributed by atoms with E-state index in [4.69, 9.17) is 4.98 Å². The van der Waals surface area contributed by atoms with Crippen LogP contribution >= 0.6 is 11.3 Å². The molecule has 1 heterocycles. The number of hydrogen-bond acceptors (Lipinski definition) is 3. The van der Waals surface area contributed by atoms with Gasteiger partial charge in [-0.25, -0.2) is 4.98 Å². The minimum Gasteiger partial charge on any atom is -0.393 e. The topological polar surface area (TPSA) is 33.1 Å². The van der Waals surface area contributed by atoms with Gasteiger partial charge < -0.3 is 5.11 Å². The van der Waals surface area contributed by atoms with E-state index in [1.165, 1.54) is 10.6 Å². The Morgan fingerprint density at radius 1 is 1.37 bits per heavy atom. The summed E-state index contributed by atoms with van der Waals surface area (Å²) < 4.78 is 0. The molecule has 2 atom stereocenters. The molecular formula is C16H19NOS. The third-order valence-corrected chi connectivity index (χ3v) is 4.86. The van der Waals surface area contributed by atoms with Gasteiger partial charge in [0.15, 0.2) is 0 Å². The van der Waals surface area contributed by atoms with Crippen LogP contribution < -0.4 is 0 Å². The molecule has 19 heavy (non-hydrogen) atoms. The van der Waals surface area contributed by atoms with Crippen LogP contribution in [0, 0.1) is 5.41 Å². The minimum atomic E-state index is -0.112. The summed E-state index contributed by atoms with van der Waals surface area (Å²) in [7, 11) is 0. The van der Waals surface area contributed by atoms with Gasteiger partial charge in [-0.2, -0.15) is 0 Å². The molecule has 3 heteroatoms. The monoisotopic (exact) mass is 273 g/mol. The first-order valence-corrected chi connectivity index (χ1v) is 7.70. The van der Waals surface area contributed by atoms with Crippen molar-refractivity contribution in [3.63, 3.8) is 0 Å². The minimum absolute atomic E-state index is 0.112. The molecule has 0 bridgehead atoms. The largest absolute Gasteiger partial charge is 0.393 e. The second-order valence-electron chi connectivity index (χ2n) is 5.88. The van der Waals surface area contributed by atoms with Crippen molar-refractivity contribution in [3.8, 4) is 11.3 Å². The Kier molecular flexibility index (Phi) is 3.42. The van der Waals surface area contributed by atoms with Crippen LogP contribution in [0.4, 0.5) is 0 Å². The molecule has 1 aromatic carbocycles. The lowest BCUT2D eigenvalue weighted by Gasteiger charge is -2.21. The molecule has 0 saturated heterocycles. The Morgan fingerprint density at radius 3 is 2.84 bits per heavy atom. The molecule has 1 aromatic heterocycles. The zero-order valence-corrected chi connectivity index (χ0v) is 12.0. The first-order chi connectivity index (χ1) is 9.15. The number of aliphatic hydroxyl groups is 1. The van der Waals surface area contributed by atoms with Gasteiger partial charge in [0.2, 0.25) is 0 Å². The molecule has 2 unspecified atom stereocenters. The fourth-order valence-electron chi connectivity index (χ4n) is 2.95. The number of aromatic nitrogens is 1. The van der Waals surface area contributed by atoms with Crippen molar-refractivity contribution in [3.05, 3.63) is 40.7 Å². The van der Waals surface area contributed by atoms with Crippen LogP contribution in [-0.2, 0) is 6.42 Å². The van der Waals surface area contributed by atoms with Crippen molar-refractivity contribution >= 4 is 11.3 Å². The summed E-state index contributed by atoms with van der Waals surface area (Å²) in [5.41, 5.74) is 2.48. The van der Waals surface area contributed by atoms with Crippen LogP contribution in [0.1, 0.15) is 31.2 Å². The van der Waals surface area contributed by atoms with E-state index in [1.807, 2.05) is 18.2 Å². The molecule has 1 aliphatic carbocycles. The third-order valence-electron chi connectivity index (χ3n) is 4.01. The van der Waals surface area contributed by atoms with Gasteiger partial charge in [-0.1, -0.05) is 37.3 Å². The maximum Gasteiger partial charge on any atom is 0.0938 e. The smallest absolute Gasteiger partial charge is 0.0938 e. The first-order valence-electron chi connectivity index (χ1n) is 6.83. The predicted molar refractivity (Wildman–Crippen MR) is 79.2 cm³/mol. The average molecular weight is 273 g/mol. The van der Waals surface area contributed by atoms with Crippen molar-refractivity contribution in [2.45, 2.75) is 38.7 Å². The van der Waals surface area contributed by atoms with Crippen molar-refractivity contribution in [1.82, 2.24) is 4.98 Å². The van der Waals surface area contributed by atoms with E-state index in [2.05, 4.69) is 24.4 Å². The first kappa shape index (κ1) is 12.8. The van der Waals surface area contributed by atoms with Crippen molar-refractivity contribution < 1.29 is 5.11 Å². The highest BCUT2D eigenvalue weighted by Gasteiger charge is 2.34. The number of thiazole rings is 1. The Morgan fingerprint density at radius 2 is 2.16 bits per heavy atom. The lowest BCUT2D eigenvalue weighted by molar-refractivity contribution is 0.163. The van der Waals surface area contributed by atoms with Crippen LogP contribution in [0.25, 0.3) is 11.3 Å². The molecule has 1 aliphatic rings. The van der Waals surface area contributed by atoms with Crippen molar-refractivity contribution in [1.29, 1.82) is 0 Å². The van der Waals surface area contributed by atoms with Gasteiger partial charge >= 0.3 is 0 Å². The van der Waals surface area contributed by atoms with Gasteiger partial charge in [-0.15, -0.1) is 11.3 Å². The van der Waals surface area contributed by atoms with E-state index in [9.17, 15) is 5.11 Å². The van der Waals surface area contributed by atoms with Crippen LogP contribution in [0.2, 0.25) is 0 Å². The second kappa shape index (κ2) is 5.06. The number of benzene rings is 1. The summed E-state index contributed by atoms with van der Waals surface area (Å²) in [6.07, 6.45) is 3.83. The van der Waals surface area contributed by atoms with Gasteiger partial charge in [0.1, 0.15) is 0 Å². The number of nitrogens with zero attached hydrogens (tertiary/aromatic N) is 1. The molecule has 2 aromatic rings. The SMILES string of the molecule is CC1(Cc2nc(-c3ccccc3)cs2)CCC(O)C1. The fraction of sp³-hybridized carbons (Fsp3) is 0.438. The maximum atomic E-state index is 9.71. The van der Waals surface area contributed by atoms with E-state index in [1.54, 1.807) is 11.3 Å². The predicted octanol–water partition coefficient (Wildman–Crippen LogP) is 3.90. The van der Waals surface area contributed by atoms with Crippen molar-refractivity contribution in [2.75, 3.05) is 0 Å². The highest BCUT2D eigenvalue weighted by atomic mass is 32.1. The average Bonchev–Trinajstić information content (AvgIpc) is 2.98. The maximum absolute atomic E-state index is 9.71. The quantitative estimate of drug-likeness (QED) is 0.920. The molecule has 100 valence electrons. The molecular weight excluding hydrogens is 254 g/mol. The molecule has 1 fully saturated rings. The summed E-state index contributed by atoms with van der Waals surface area (Å²) >= 11 is 1.74. The summed E-state index contributed by atoms with van der Waals surface area (Å²) in [4.78, 5) is 4.75. The molecule has 0 spiro atoms. The third kappa shape index (κ3) is 2.88. The Labute approximate surface area is 118 Å².